The molecule has 1 aromatic carbocycles. The molecule has 3 rings (SSSR count). The molecule has 0 bridgehead atoms. The van der Waals surface area contributed by atoms with E-state index in [1.54, 1.807) is 24.3 Å². The molecule has 0 radical (unpaired) electrons. The third-order valence-corrected chi connectivity index (χ3v) is 5.34. The lowest BCUT2D eigenvalue weighted by Crippen LogP contribution is -2.43. The van der Waals surface area contributed by atoms with Crippen molar-refractivity contribution >= 4 is 29.1 Å². The average molecular weight is 380 g/mol. The molecule has 0 spiro atoms. The van der Waals surface area contributed by atoms with Crippen LogP contribution in [0.4, 0.5) is 0 Å². The number of carbonyl (C=O) groups excluding carboxylic acids is 1. The summed E-state index contributed by atoms with van der Waals surface area (Å²) in [6.45, 7) is 2.91. The second-order valence-corrected chi connectivity index (χ2v) is 6.91. The Kier molecular flexibility index (Phi) is 5.45. The van der Waals surface area contributed by atoms with E-state index < -0.39 is 5.56 Å². The number of hydrogen-bond acceptors (Lipinski definition) is 3. The van der Waals surface area contributed by atoms with E-state index in [2.05, 4.69) is 12.0 Å². The van der Waals surface area contributed by atoms with Crippen LogP contribution < -0.4 is 5.56 Å². The molecule has 1 aliphatic rings. The molecule has 132 valence electrons. The topological polar surface area (TPSA) is 55.2 Å². The van der Waals surface area contributed by atoms with Gasteiger partial charge in [0, 0.05) is 18.2 Å². The molecule has 0 aliphatic carbocycles. The summed E-state index contributed by atoms with van der Waals surface area (Å²) in [5.74, 6) is 0.0348. The van der Waals surface area contributed by atoms with Crippen molar-refractivity contribution in [3.05, 3.63) is 56.4 Å². The number of aromatic nitrogens is 2. The number of piperidine rings is 1. The van der Waals surface area contributed by atoms with Crippen LogP contribution in [0.2, 0.25) is 10.0 Å². The van der Waals surface area contributed by atoms with E-state index in [1.165, 1.54) is 12.6 Å². The number of amides is 1. The van der Waals surface area contributed by atoms with Crippen molar-refractivity contribution in [2.24, 2.45) is 0 Å². The molecule has 0 N–H and O–H groups in total. The second-order valence-electron chi connectivity index (χ2n) is 6.13. The maximum atomic E-state index is 12.8. The largest absolute Gasteiger partial charge is 0.336 e. The molecule has 7 heteroatoms. The highest BCUT2D eigenvalue weighted by Crippen LogP contribution is 2.22. The quantitative estimate of drug-likeness (QED) is 0.811. The molecule has 1 aliphatic heterocycles. The first-order valence-electron chi connectivity index (χ1n) is 8.37. The van der Waals surface area contributed by atoms with Crippen molar-refractivity contribution in [1.29, 1.82) is 0 Å². The van der Waals surface area contributed by atoms with Crippen LogP contribution in [-0.2, 0) is 0 Å². The van der Waals surface area contributed by atoms with Gasteiger partial charge in [0.05, 0.1) is 16.9 Å². The standard InChI is InChI=1S/C18H19Cl2N3O2/c1-2-13-5-3-4-10-22(13)17(24)12-6-8-14(9-7-12)23-18(25)16(20)15(19)11-21-23/h6-9,11,13H,2-5,10H2,1H3. The minimum atomic E-state index is -0.490. The lowest BCUT2D eigenvalue weighted by atomic mass is 9.99. The van der Waals surface area contributed by atoms with Crippen molar-refractivity contribution in [1.82, 2.24) is 14.7 Å². The van der Waals surface area contributed by atoms with Gasteiger partial charge in [-0.3, -0.25) is 9.59 Å². The van der Waals surface area contributed by atoms with E-state index in [0.29, 0.717) is 17.3 Å². The predicted molar refractivity (Wildman–Crippen MR) is 98.8 cm³/mol. The molecule has 25 heavy (non-hydrogen) atoms. The van der Waals surface area contributed by atoms with E-state index in [1.807, 2.05) is 4.90 Å². The molecule has 1 fully saturated rings. The smallest absolute Gasteiger partial charge is 0.291 e. The molecule has 0 saturated carbocycles. The Morgan fingerprint density at radius 3 is 2.64 bits per heavy atom. The maximum absolute atomic E-state index is 12.8. The summed E-state index contributed by atoms with van der Waals surface area (Å²) in [6.07, 6.45) is 5.56. The summed E-state index contributed by atoms with van der Waals surface area (Å²) in [4.78, 5) is 26.9. The molecule has 1 aromatic heterocycles. The van der Waals surface area contributed by atoms with Gasteiger partial charge in [0.25, 0.3) is 11.5 Å². The van der Waals surface area contributed by atoms with Crippen molar-refractivity contribution in [2.75, 3.05) is 6.54 Å². The van der Waals surface area contributed by atoms with Gasteiger partial charge in [-0.05, 0) is 49.9 Å². The molecular weight excluding hydrogens is 361 g/mol. The number of nitrogens with zero attached hydrogens (tertiary/aromatic N) is 3. The lowest BCUT2D eigenvalue weighted by molar-refractivity contribution is 0.0608. The Bertz CT molecular complexity index is 833. The van der Waals surface area contributed by atoms with E-state index in [4.69, 9.17) is 23.2 Å². The van der Waals surface area contributed by atoms with Gasteiger partial charge in [-0.15, -0.1) is 0 Å². The summed E-state index contributed by atoms with van der Waals surface area (Å²) < 4.78 is 1.16. The van der Waals surface area contributed by atoms with Crippen LogP contribution in [0.25, 0.3) is 5.69 Å². The van der Waals surface area contributed by atoms with Crippen LogP contribution in [-0.4, -0.2) is 33.2 Å². The van der Waals surface area contributed by atoms with Gasteiger partial charge in [-0.1, -0.05) is 30.1 Å². The summed E-state index contributed by atoms with van der Waals surface area (Å²) in [6, 6.07) is 7.12. The first-order chi connectivity index (χ1) is 12.0. The highest BCUT2D eigenvalue weighted by molar-refractivity contribution is 6.41. The normalized spacial score (nSPS) is 17.6. The number of benzene rings is 1. The van der Waals surface area contributed by atoms with E-state index in [0.717, 1.165) is 30.5 Å². The number of halogens is 2. The van der Waals surface area contributed by atoms with Gasteiger partial charge >= 0.3 is 0 Å². The van der Waals surface area contributed by atoms with Crippen LogP contribution in [0.15, 0.2) is 35.3 Å². The van der Waals surface area contributed by atoms with E-state index in [-0.39, 0.29) is 16.0 Å². The number of hydrogen-bond donors (Lipinski definition) is 0. The Balaban J connectivity index is 1.86. The second kappa shape index (κ2) is 7.58. The molecule has 1 amide bonds. The zero-order valence-electron chi connectivity index (χ0n) is 13.9. The molecule has 1 atom stereocenters. The van der Waals surface area contributed by atoms with Gasteiger partial charge in [0.1, 0.15) is 5.02 Å². The zero-order valence-corrected chi connectivity index (χ0v) is 15.4. The van der Waals surface area contributed by atoms with Crippen LogP contribution in [0.1, 0.15) is 43.0 Å². The van der Waals surface area contributed by atoms with Crippen LogP contribution in [0.3, 0.4) is 0 Å². The Morgan fingerprint density at radius 2 is 1.96 bits per heavy atom. The van der Waals surface area contributed by atoms with Gasteiger partial charge in [-0.25, -0.2) is 0 Å². The molecule has 1 unspecified atom stereocenters. The molecule has 2 heterocycles. The van der Waals surface area contributed by atoms with Crippen molar-refractivity contribution in [2.45, 2.75) is 38.6 Å². The Morgan fingerprint density at radius 1 is 1.24 bits per heavy atom. The lowest BCUT2D eigenvalue weighted by Gasteiger charge is -2.35. The summed E-state index contributed by atoms with van der Waals surface area (Å²) in [5, 5.41) is 4.03. The third-order valence-electron chi connectivity index (χ3n) is 4.59. The number of likely N-dealkylation sites (tertiary alicyclic amines) is 1. The minimum Gasteiger partial charge on any atom is -0.336 e. The molecule has 2 aromatic rings. The fourth-order valence-electron chi connectivity index (χ4n) is 3.20. The Hall–Kier alpha value is -1.85. The fraction of sp³-hybridized carbons (Fsp3) is 0.389. The van der Waals surface area contributed by atoms with Gasteiger partial charge in [0.15, 0.2) is 0 Å². The fourth-order valence-corrected chi connectivity index (χ4v) is 3.45. The Labute approximate surface area is 156 Å². The van der Waals surface area contributed by atoms with E-state index in [9.17, 15) is 9.59 Å². The van der Waals surface area contributed by atoms with Crippen molar-refractivity contribution in [3.8, 4) is 5.69 Å². The summed E-state index contributed by atoms with van der Waals surface area (Å²) in [5.41, 5.74) is 0.651. The monoisotopic (exact) mass is 379 g/mol. The molecule has 5 nitrogen and oxygen atoms in total. The van der Waals surface area contributed by atoms with Crippen LogP contribution in [0, 0.1) is 0 Å². The van der Waals surface area contributed by atoms with Gasteiger partial charge in [0.2, 0.25) is 0 Å². The minimum absolute atomic E-state index is 0.0348. The first kappa shape index (κ1) is 18.0. The van der Waals surface area contributed by atoms with Crippen LogP contribution in [0.5, 0.6) is 0 Å². The molecule has 1 saturated heterocycles. The SMILES string of the molecule is CCC1CCCCN1C(=O)c1ccc(-n2ncc(Cl)c(Cl)c2=O)cc1. The number of carbonyl (C=O) groups is 1. The van der Waals surface area contributed by atoms with Gasteiger partial charge in [-0.2, -0.15) is 9.78 Å². The summed E-state index contributed by atoms with van der Waals surface area (Å²) in [7, 11) is 0. The maximum Gasteiger partial charge on any atom is 0.291 e. The zero-order chi connectivity index (χ0) is 18.0. The predicted octanol–water partition coefficient (Wildman–Crippen LogP) is 3.94. The van der Waals surface area contributed by atoms with Crippen LogP contribution >= 0.6 is 23.2 Å². The van der Waals surface area contributed by atoms with Crippen molar-refractivity contribution < 1.29 is 4.79 Å². The number of rotatable bonds is 3. The summed E-state index contributed by atoms with van der Waals surface area (Å²) >= 11 is 11.7. The highest BCUT2D eigenvalue weighted by Gasteiger charge is 2.26. The van der Waals surface area contributed by atoms with Gasteiger partial charge < -0.3 is 4.90 Å². The van der Waals surface area contributed by atoms with E-state index >= 15 is 0 Å². The highest BCUT2D eigenvalue weighted by atomic mass is 35.5. The van der Waals surface area contributed by atoms with Crippen molar-refractivity contribution in [3.63, 3.8) is 0 Å². The third kappa shape index (κ3) is 3.58. The molecular formula is C18H19Cl2N3O2. The first-order valence-corrected chi connectivity index (χ1v) is 9.13. The average Bonchev–Trinajstić information content (AvgIpc) is 2.66.